The quantitative estimate of drug-likeness (QED) is 0.429. The Balaban J connectivity index is 1.57. The van der Waals surface area contributed by atoms with E-state index < -0.39 is 0 Å². The minimum absolute atomic E-state index is 0.0855. The summed E-state index contributed by atoms with van der Waals surface area (Å²) < 4.78 is 1.03. The number of anilines is 3. The van der Waals surface area contributed by atoms with Gasteiger partial charge in [0, 0.05) is 38.7 Å². The van der Waals surface area contributed by atoms with Crippen LogP contribution in [0.4, 0.5) is 17.3 Å². The van der Waals surface area contributed by atoms with E-state index in [2.05, 4.69) is 62.4 Å². The lowest BCUT2D eigenvalue weighted by Gasteiger charge is -2.11. The van der Waals surface area contributed by atoms with Crippen molar-refractivity contribution in [1.82, 2.24) is 15.3 Å². The van der Waals surface area contributed by atoms with Gasteiger partial charge in [0.05, 0.1) is 17.8 Å². The fourth-order valence-corrected chi connectivity index (χ4v) is 3.75. The van der Waals surface area contributed by atoms with Gasteiger partial charge in [-0.15, -0.1) is 0 Å². The predicted octanol–water partition coefficient (Wildman–Crippen LogP) is 4.37. The third-order valence-corrected chi connectivity index (χ3v) is 5.47. The Hall–Kier alpha value is -3.01. The van der Waals surface area contributed by atoms with Crippen molar-refractivity contribution >= 4 is 51.7 Å². The third-order valence-electron chi connectivity index (χ3n) is 4.80. The van der Waals surface area contributed by atoms with Crippen molar-refractivity contribution in [1.29, 1.82) is 0 Å². The highest BCUT2D eigenvalue weighted by Gasteiger charge is 2.21. The number of amides is 2. The van der Waals surface area contributed by atoms with Crippen LogP contribution in [-0.4, -0.2) is 28.3 Å². The van der Waals surface area contributed by atoms with Crippen molar-refractivity contribution < 1.29 is 9.59 Å². The van der Waals surface area contributed by atoms with E-state index >= 15 is 0 Å². The SMILES string of the molecule is CC(C)CNC(=O)c1ccc(Nc2ncc3c(n2)-c2ccc(I)cc2NC(=O)C3)cc1. The van der Waals surface area contributed by atoms with Crippen molar-refractivity contribution in [2.45, 2.75) is 20.3 Å². The number of rotatable bonds is 5. The Morgan fingerprint density at radius 3 is 2.71 bits per heavy atom. The average Bonchev–Trinajstić information content (AvgIpc) is 2.87. The van der Waals surface area contributed by atoms with Crippen LogP contribution < -0.4 is 16.0 Å². The number of carbonyl (C=O) groups excluding carboxylic acids is 2. The molecule has 3 aromatic rings. The zero-order chi connectivity index (χ0) is 22.0. The second-order valence-electron chi connectivity index (χ2n) is 7.79. The average molecular weight is 527 g/mol. The number of hydrogen-bond donors (Lipinski definition) is 3. The summed E-state index contributed by atoms with van der Waals surface area (Å²) in [4.78, 5) is 33.5. The molecule has 8 heteroatoms. The number of halogens is 1. The van der Waals surface area contributed by atoms with Crippen LogP contribution >= 0.6 is 22.6 Å². The Morgan fingerprint density at radius 1 is 1.19 bits per heavy atom. The van der Waals surface area contributed by atoms with E-state index in [0.717, 1.165) is 31.8 Å². The van der Waals surface area contributed by atoms with Crippen molar-refractivity contribution in [3.8, 4) is 11.3 Å². The number of aromatic nitrogens is 2. The fourth-order valence-electron chi connectivity index (χ4n) is 3.26. The molecular formula is C23H22IN5O2. The molecule has 0 aliphatic carbocycles. The van der Waals surface area contributed by atoms with E-state index in [1.165, 1.54) is 0 Å². The summed E-state index contributed by atoms with van der Waals surface area (Å²) in [6, 6.07) is 13.0. The van der Waals surface area contributed by atoms with Gasteiger partial charge in [-0.05, 0) is 71.0 Å². The van der Waals surface area contributed by atoms with Gasteiger partial charge in [0.1, 0.15) is 0 Å². The predicted molar refractivity (Wildman–Crippen MR) is 129 cm³/mol. The first-order chi connectivity index (χ1) is 14.9. The van der Waals surface area contributed by atoms with Gasteiger partial charge in [-0.3, -0.25) is 9.59 Å². The van der Waals surface area contributed by atoms with Crippen LogP contribution in [0.15, 0.2) is 48.7 Å². The lowest BCUT2D eigenvalue weighted by molar-refractivity contribution is -0.115. The van der Waals surface area contributed by atoms with Crippen molar-refractivity contribution in [2.24, 2.45) is 5.92 Å². The van der Waals surface area contributed by atoms with E-state index in [0.29, 0.717) is 24.0 Å². The maximum Gasteiger partial charge on any atom is 0.251 e. The third kappa shape index (κ3) is 5.01. The smallest absolute Gasteiger partial charge is 0.251 e. The van der Waals surface area contributed by atoms with Crippen molar-refractivity contribution in [2.75, 3.05) is 17.2 Å². The zero-order valence-electron chi connectivity index (χ0n) is 17.2. The van der Waals surface area contributed by atoms with Gasteiger partial charge in [0.2, 0.25) is 11.9 Å². The van der Waals surface area contributed by atoms with Gasteiger partial charge in [-0.2, -0.15) is 0 Å². The molecule has 3 N–H and O–H groups in total. The minimum atomic E-state index is -0.0927. The van der Waals surface area contributed by atoms with E-state index in [1.807, 2.05) is 30.3 Å². The normalized spacial score (nSPS) is 12.5. The molecule has 0 saturated carbocycles. The minimum Gasteiger partial charge on any atom is -0.352 e. The topological polar surface area (TPSA) is 96.0 Å². The lowest BCUT2D eigenvalue weighted by Crippen LogP contribution is -2.27. The van der Waals surface area contributed by atoms with Crippen LogP contribution in [0.2, 0.25) is 0 Å². The van der Waals surface area contributed by atoms with Gasteiger partial charge in [-0.25, -0.2) is 9.97 Å². The molecular weight excluding hydrogens is 505 g/mol. The van der Waals surface area contributed by atoms with Crippen LogP contribution in [0, 0.1) is 9.49 Å². The number of carbonyl (C=O) groups is 2. The zero-order valence-corrected chi connectivity index (χ0v) is 19.4. The summed E-state index contributed by atoms with van der Waals surface area (Å²) in [6.07, 6.45) is 1.91. The molecule has 0 radical (unpaired) electrons. The van der Waals surface area contributed by atoms with E-state index in [9.17, 15) is 9.59 Å². The standard InChI is InChI=1S/C23H22IN5O2/c1-13(2)11-25-22(31)14-3-6-17(7-4-14)27-23-26-12-15-9-20(30)28-19-10-16(24)5-8-18(19)21(15)29-23/h3-8,10,12-13H,9,11H2,1-2H3,(H,25,31)(H,28,30)(H,26,27,29). The molecule has 0 bridgehead atoms. The molecule has 1 aliphatic rings. The summed E-state index contributed by atoms with van der Waals surface area (Å²) >= 11 is 2.22. The van der Waals surface area contributed by atoms with Crippen LogP contribution in [-0.2, 0) is 11.2 Å². The molecule has 0 unspecified atom stereocenters. The largest absolute Gasteiger partial charge is 0.352 e. The molecule has 7 nitrogen and oxygen atoms in total. The molecule has 4 rings (SSSR count). The monoisotopic (exact) mass is 527 g/mol. The number of nitrogens with one attached hydrogen (secondary N) is 3. The highest BCUT2D eigenvalue weighted by Crippen LogP contribution is 2.34. The fraction of sp³-hybridized carbons (Fsp3) is 0.217. The van der Waals surface area contributed by atoms with Crippen molar-refractivity contribution in [3.63, 3.8) is 0 Å². The lowest BCUT2D eigenvalue weighted by atomic mass is 10.1. The Labute approximate surface area is 194 Å². The second kappa shape index (κ2) is 9.01. The molecule has 0 atom stereocenters. The summed E-state index contributed by atoms with van der Waals surface area (Å²) in [5, 5.41) is 9.03. The van der Waals surface area contributed by atoms with Gasteiger partial charge < -0.3 is 16.0 Å². The number of nitrogens with zero attached hydrogens (tertiary/aromatic N) is 2. The highest BCUT2D eigenvalue weighted by molar-refractivity contribution is 14.1. The van der Waals surface area contributed by atoms with E-state index in [1.54, 1.807) is 18.3 Å². The van der Waals surface area contributed by atoms with Gasteiger partial charge in [-0.1, -0.05) is 13.8 Å². The molecule has 2 aromatic carbocycles. The molecule has 2 heterocycles. The Kier molecular flexibility index (Phi) is 6.17. The molecule has 0 spiro atoms. The number of hydrogen-bond acceptors (Lipinski definition) is 5. The molecule has 158 valence electrons. The summed E-state index contributed by atoms with van der Waals surface area (Å²) in [7, 11) is 0. The molecule has 0 fully saturated rings. The Morgan fingerprint density at radius 2 is 1.97 bits per heavy atom. The first kappa shape index (κ1) is 21.2. The highest BCUT2D eigenvalue weighted by atomic mass is 127. The van der Waals surface area contributed by atoms with E-state index in [4.69, 9.17) is 0 Å². The summed E-state index contributed by atoms with van der Waals surface area (Å²) in [5.41, 5.74) is 4.49. The van der Waals surface area contributed by atoms with Crippen LogP contribution in [0.3, 0.4) is 0 Å². The van der Waals surface area contributed by atoms with Gasteiger partial charge in [0.25, 0.3) is 5.91 Å². The van der Waals surface area contributed by atoms with Crippen LogP contribution in [0.25, 0.3) is 11.3 Å². The first-order valence-electron chi connectivity index (χ1n) is 10.00. The molecule has 31 heavy (non-hydrogen) atoms. The maximum absolute atomic E-state index is 12.2. The maximum atomic E-state index is 12.2. The first-order valence-corrected chi connectivity index (χ1v) is 11.1. The van der Waals surface area contributed by atoms with Gasteiger partial charge >= 0.3 is 0 Å². The van der Waals surface area contributed by atoms with Gasteiger partial charge in [0.15, 0.2) is 0 Å². The molecule has 1 aliphatic heterocycles. The molecule has 1 aromatic heterocycles. The van der Waals surface area contributed by atoms with Crippen LogP contribution in [0.1, 0.15) is 29.8 Å². The Bertz CT molecular complexity index is 1150. The number of fused-ring (bicyclic) bond motifs is 3. The van der Waals surface area contributed by atoms with Crippen molar-refractivity contribution in [3.05, 3.63) is 63.4 Å². The van der Waals surface area contributed by atoms with Crippen LogP contribution in [0.5, 0.6) is 0 Å². The second-order valence-corrected chi connectivity index (χ2v) is 9.03. The summed E-state index contributed by atoms with van der Waals surface area (Å²) in [6.45, 7) is 4.75. The molecule has 0 saturated heterocycles. The van der Waals surface area contributed by atoms with E-state index in [-0.39, 0.29) is 18.2 Å². The number of benzene rings is 2. The summed E-state index contributed by atoms with van der Waals surface area (Å²) in [5.74, 6) is 0.645. The molecule has 2 amide bonds.